The molecular formula is C16H16BrNO3S. The number of rotatable bonds is 3. The zero-order valence-corrected chi connectivity index (χ0v) is 14.5. The maximum Gasteiger partial charge on any atom is 0.312 e. The minimum Gasteiger partial charge on any atom is -0.481 e. The van der Waals surface area contributed by atoms with Crippen molar-refractivity contribution >= 4 is 39.0 Å². The highest BCUT2D eigenvalue weighted by atomic mass is 79.9. The Morgan fingerprint density at radius 1 is 1.36 bits per heavy atom. The van der Waals surface area contributed by atoms with Gasteiger partial charge in [0, 0.05) is 22.1 Å². The van der Waals surface area contributed by atoms with Gasteiger partial charge < -0.3 is 9.67 Å². The number of ketones is 1. The van der Waals surface area contributed by atoms with Crippen LogP contribution in [0.4, 0.5) is 0 Å². The van der Waals surface area contributed by atoms with E-state index in [0.29, 0.717) is 23.5 Å². The largest absolute Gasteiger partial charge is 0.481 e. The van der Waals surface area contributed by atoms with Gasteiger partial charge in [-0.25, -0.2) is 0 Å². The summed E-state index contributed by atoms with van der Waals surface area (Å²) in [6.45, 7) is 2.59. The number of hydrogen-bond acceptors (Lipinski definition) is 3. The third-order valence-corrected chi connectivity index (χ3v) is 5.80. The van der Waals surface area contributed by atoms with Crippen LogP contribution in [-0.2, 0) is 11.3 Å². The smallest absolute Gasteiger partial charge is 0.312 e. The number of aryl methyl sites for hydroxylation is 1. The van der Waals surface area contributed by atoms with Gasteiger partial charge in [0.15, 0.2) is 0 Å². The van der Waals surface area contributed by atoms with Gasteiger partial charge in [0.1, 0.15) is 0 Å². The summed E-state index contributed by atoms with van der Waals surface area (Å²) >= 11 is 4.77. The molecule has 0 spiro atoms. The Hall–Kier alpha value is -1.40. The summed E-state index contributed by atoms with van der Waals surface area (Å²) in [5, 5.41) is 11.4. The molecule has 2 aromatic heterocycles. The van der Waals surface area contributed by atoms with Crippen LogP contribution in [0.1, 0.15) is 51.8 Å². The molecule has 0 aromatic carbocycles. The molecule has 1 unspecified atom stereocenters. The van der Waals surface area contributed by atoms with Gasteiger partial charge in [-0.1, -0.05) is 6.42 Å². The van der Waals surface area contributed by atoms with Crippen LogP contribution in [0, 0.1) is 6.92 Å². The summed E-state index contributed by atoms with van der Waals surface area (Å²) in [5.41, 5.74) is 2.26. The van der Waals surface area contributed by atoms with Crippen LogP contribution in [0.3, 0.4) is 0 Å². The molecule has 3 heterocycles. The lowest BCUT2D eigenvalue weighted by Gasteiger charge is -2.13. The first-order valence-corrected chi connectivity index (χ1v) is 8.88. The number of aromatic nitrogens is 1. The van der Waals surface area contributed by atoms with Crippen molar-refractivity contribution in [3.05, 3.63) is 43.8 Å². The van der Waals surface area contributed by atoms with Crippen molar-refractivity contribution < 1.29 is 14.7 Å². The number of halogens is 1. The first kappa shape index (κ1) is 15.5. The highest BCUT2D eigenvalue weighted by molar-refractivity contribution is 9.10. The predicted octanol–water partition coefficient (Wildman–Crippen LogP) is 4.20. The van der Waals surface area contributed by atoms with E-state index in [4.69, 9.17) is 0 Å². The average Bonchev–Trinajstić information content (AvgIpc) is 2.96. The Bertz CT molecular complexity index is 747. The summed E-state index contributed by atoms with van der Waals surface area (Å²) in [6, 6.07) is 3.69. The fraction of sp³-hybridized carbons (Fsp3) is 0.375. The number of carboxylic acids is 1. The lowest BCUT2D eigenvalue weighted by molar-refractivity contribution is -0.139. The molecule has 0 radical (unpaired) electrons. The number of carbonyl (C=O) groups is 2. The van der Waals surface area contributed by atoms with Crippen molar-refractivity contribution in [3.8, 4) is 0 Å². The SMILES string of the molecule is Cc1cc2n(c1C(=O)c1cc(Br)cs1)CCCCC2C(=O)O. The molecule has 0 aliphatic carbocycles. The molecule has 6 heteroatoms. The maximum atomic E-state index is 12.8. The molecule has 0 bridgehead atoms. The van der Waals surface area contributed by atoms with Gasteiger partial charge in [-0.2, -0.15) is 0 Å². The van der Waals surface area contributed by atoms with Crippen molar-refractivity contribution in [1.82, 2.24) is 4.57 Å². The standard InChI is InChI=1S/C16H16BrNO3S/c1-9-6-12-11(16(20)21)4-2-3-5-18(12)14(9)15(19)13-7-10(17)8-22-13/h6-8,11H,2-5H2,1H3,(H,20,21). The first-order chi connectivity index (χ1) is 10.5. The van der Waals surface area contributed by atoms with E-state index < -0.39 is 11.9 Å². The third kappa shape index (κ3) is 2.65. The van der Waals surface area contributed by atoms with Crippen molar-refractivity contribution in [2.45, 2.75) is 38.6 Å². The molecule has 0 saturated heterocycles. The van der Waals surface area contributed by atoms with Crippen molar-refractivity contribution in [1.29, 1.82) is 0 Å². The van der Waals surface area contributed by atoms with E-state index in [-0.39, 0.29) is 5.78 Å². The summed E-state index contributed by atoms with van der Waals surface area (Å²) < 4.78 is 2.82. The van der Waals surface area contributed by atoms with Gasteiger partial charge in [0.25, 0.3) is 0 Å². The van der Waals surface area contributed by atoms with Gasteiger partial charge in [0.05, 0.1) is 16.5 Å². The number of thiophene rings is 1. The van der Waals surface area contributed by atoms with E-state index >= 15 is 0 Å². The number of fused-ring (bicyclic) bond motifs is 1. The van der Waals surface area contributed by atoms with Gasteiger partial charge in [-0.15, -0.1) is 11.3 Å². The monoisotopic (exact) mass is 381 g/mol. The molecule has 0 saturated carbocycles. The van der Waals surface area contributed by atoms with Crippen LogP contribution in [0.2, 0.25) is 0 Å². The van der Waals surface area contributed by atoms with Crippen LogP contribution in [0.5, 0.6) is 0 Å². The minimum atomic E-state index is -0.807. The Morgan fingerprint density at radius 3 is 2.77 bits per heavy atom. The second kappa shape index (κ2) is 6.01. The fourth-order valence-corrected chi connectivity index (χ4v) is 4.47. The van der Waals surface area contributed by atoms with Crippen molar-refractivity contribution in [3.63, 3.8) is 0 Å². The Morgan fingerprint density at radius 2 is 2.14 bits per heavy atom. The molecule has 1 N–H and O–H groups in total. The predicted molar refractivity (Wildman–Crippen MR) is 88.8 cm³/mol. The van der Waals surface area contributed by atoms with Crippen LogP contribution >= 0.6 is 27.3 Å². The molecule has 0 fully saturated rings. The molecule has 1 aliphatic rings. The van der Waals surface area contributed by atoms with Gasteiger partial charge in [-0.05, 0) is 53.4 Å². The normalized spacial score (nSPS) is 17.8. The summed E-state index contributed by atoms with van der Waals surface area (Å²) in [4.78, 5) is 25.0. The second-order valence-corrected chi connectivity index (χ2v) is 7.42. The zero-order valence-electron chi connectivity index (χ0n) is 12.1. The van der Waals surface area contributed by atoms with Crippen LogP contribution < -0.4 is 0 Å². The molecule has 3 rings (SSSR count). The number of hydrogen-bond donors (Lipinski definition) is 1. The molecule has 22 heavy (non-hydrogen) atoms. The van der Waals surface area contributed by atoms with Gasteiger partial charge >= 0.3 is 5.97 Å². The van der Waals surface area contributed by atoms with E-state index in [1.807, 2.05) is 29.0 Å². The van der Waals surface area contributed by atoms with E-state index in [1.54, 1.807) is 0 Å². The number of carboxylic acid groups (broad SMARTS) is 1. The third-order valence-electron chi connectivity index (χ3n) is 4.11. The average molecular weight is 382 g/mol. The molecule has 1 aliphatic heterocycles. The Labute approximate surface area is 140 Å². The van der Waals surface area contributed by atoms with Crippen LogP contribution in [0.25, 0.3) is 0 Å². The quantitative estimate of drug-likeness (QED) is 0.810. The Balaban J connectivity index is 2.10. The maximum absolute atomic E-state index is 12.8. The number of aliphatic carboxylic acids is 1. The molecule has 4 nitrogen and oxygen atoms in total. The van der Waals surface area contributed by atoms with E-state index in [1.165, 1.54) is 11.3 Å². The molecular weight excluding hydrogens is 366 g/mol. The van der Waals surface area contributed by atoms with E-state index in [9.17, 15) is 14.7 Å². The second-order valence-electron chi connectivity index (χ2n) is 5.60. The van der Waals surface area contributed by atoms with Gasteiger partial charge in [-0.3, -0.25) is 9.59 Å². The Kier molecular flexibility index (Phi) is 4.23. The van der Waals surface area contributed by atoms with Crippen LogP contribution in [-0.4, -0.2) is 21.4 Å². The number of carbonyl (C=O) groups excluding carboxylic acids is 1. The number of nitrogens with zero attached hydrogens (tertiary/aromatic N) is 1. The zero-order chi connectivity index (χ0) is 15.9. The summed E-state index contributed by atoms with van der Waals surface area (Å²) in [5.74, 6) is -1.35. The minimum absolute atomic E-state index is 0.0227. The molecule has 0 amide bonds. The lowest BCUT2D eigenvalue weighted by atomic mass is 9.99. The first-order valence-electron chi connectivity index (χ1n) is 7.20. The molecule has 2 aromatic rings. The summed E-state index contributed by atoms with van der Waals surface area (Å²) in [7, 11) is 0. The van der Waals surface area contributed by atoms with E-state index in [0.717, 1.165) is 28.6 Å². The molecule has 1 atom stereocenters. The van der Waals surface area contributed by atoms with Crippen molar-refractivity contribution in [2.75, 3.05) is 0 Å². The highest BCUT2D eigenvalue weighted by Crippen LogP contribution is 2.33. The molecule has 116 valence electrons. The highest BCUT2D eigenvalue weighted by Gasteiger charge is 2.30. The summed E-state index contributed by atoms with van der Waals surface area (Å²) in [6.07, 6.45) is 2.41. The fourth-order valence-electron chi connectivity index (χ4n) is 3.11. The topological polar surface area (TPSA) is 59.3 Å². The van der Waals surface area contributed by atoms with E-state index in [2.05, 4.69) is 15.9 Å². The lowest BCUT2D eigenvalue weighted by Crippen LogP contribution is -2.16. The van der Waals surface area contributed by atoms with Crippen LogP contribution in [0.15, 0.2) is 22.0 Å². The van der Waals surface area contributed by atoms with Crippen molar-refractivity contribution in [2.24, 2.45) is 0 Å². The van der Waals surface area contributed by atoms with Gasteiger partial charge in [0.2, 0.25) is 5.78 Å².